The molecular formula is C4H7BN2. The van der Waals surface area contributed by atoms with E-state index in [1.807, 2.05) is 13.1 Å². The summed E-state index contributed by atoms with van der Waals surface area (Å²) in [6, 6.07) is 0. The van der Waals surface area contributed by atoms with Crippen molar-refractivity contribution in [2.75, 3.05) is 6.54 Å². The van der Waals surface area contributed by atoms with Gasteiger partial charge < -0.3 is 0 Å². The summed E-state index contributed by atoms with van der Waals surface area (Å²) >= 11 is 0. The van der Waals surface area contributed by atoms with E-state index in [0.29, 0.717) is 6.54 Å². The molecule has 0 aromatic heterocycles. The average Bonchev–Trinajstić information content (AvgIpc) is 1.69. The molecule has 0 saturated heterocycles. The van der Waals surface area contributed by atoms with Crippen LogP contribution in [0, 0.1) is 0 Å². The number of hydrogen-bond acceptors (Lipinski definition) is 2. The second-order valence-corrected chi connectivity index (χ2v) is 1.54. The predicted octanol–water partition coefficient (Wildman–Crippen LogP) is 0.149. The van der Waals surface area contributed by atoms with Crippen molar-refractivity contribution in [2.24, 2.45) is 10.6 Å². The minimum atomic E-state index is 0.694. The molecule has 2 nitrogen and oxygen atoms in total. The Kier molecular flexibility index (Phi) is 1.25. The molecule has 0 aromatic carbocycles. The third-order valence-electron chi connectivity index (χ3n) is 0.888. The van der Waals surface area contributed by atoms with Gasteiger partial charge in [0.2, 0.25) is 0 Å². The average molecular weight is 93.9 g/mol. The van der Waals surface area contributed by atoms with Crippen LogP contribution in [0.2, 0.25) is 6.32 Å². The van der Waals surface area contributed by atoms with Crippen molar-refractivity contribution in [3.05, 3.63) is 11.8 Å². The van der Waals surface area contributed by atoms with Crippen LogP contribution in [0.4, 0.5) is 0 Å². The summed E-state index contributed by atoms with van der Waals surface area (Å²) in [5.74, 6) is 0. The van der Waals surface area contributed by atoms with Crippen LogP contribution >= 0.6 is 0 Å². The zero-order valence-electron chi connectivity index (χ0n) is 4.09. The summed E-state index contributed by atoms with van der Waals surface area (Å²) < 4.78 is 0. The second kappa shape index (κ2) is 1.91. The Labute approximate surface area is 43.4 Å². The summed E-state index contributed by atoms with van der Waals surface area (Å²) in [5.41, 5.74) is 6.27. The Morgan fingerprint density at radius 1 is 1.86 bits per heavy atom. The third-order valence-corrected chi connectivity index (χ3v) is 0.888. The van der Waals surface area contributed by atoms with Gasteiger partial charge in [-0.3, -0.25) is 0 Å². The molecule has 0 unspecified atom stereocenters. The SMILES string of the molecule is NC1=CCB=NC1. The number of nitrogens with two attached hydrogens (primary N) is 1. The maximum atomic E-state index is 5.38. The van der Waals surface area contributed by atoms with Crippen molar-refractivity contribution in [1.82, 2.24) is 0 Å². The second-order valence-electron chi connectivity index (χ2n) is 1.54. The Hall–Kier alpha value is -0.595. The first kappa shape index (κ1) is 4.56. The van der Waals surface area contributed by atoms with Crippen LogP contribution in [0.5, 0.6) is 0 Å². The molecule has 3 heteroatoms. The summed E-state index contributed by atoms with van der Waals surface area (Å²) in [6.07, 6.45) is 2.89. The van der Waals surface area contributed by atoms with Crippen LogP contribution in [0.25, 0.3) is 0 Å². The third kappa shape index (κ3) is 1.14. The first-order chi connectivity index (χ1) is 3.39. The molecule has 2 N–H and O–H groups in total. The summed E-state index contributed by atoms with van der Waals surface area (Å²) in [5, 5.41) is 0. The van der Waals surface area contributed by atoms with E-state index in [2.05, 4.69) is 4.90 Å². The molecule has 0 bridgehead atoms. The quantitative estimate of drug-likeness (QED) is 0.426. The van der Waals surface area contributed by atoms with Gasteiger partial charge >= 0.3 is 42.3 Å². The number of rotatable bonds is 0. The van der Waals surface area contributed by atoms with Crippen LogP contribution in [-0.2, 0) is 0 Å². The van der Waals surface area contributed by atoms with Gasteiger partial charge in [0.15, 0.2) is 0 Å². The minimum absolute atomic E-state index is 0.694. The maximum absolute atomic E-state index is 5.38. The molecule has 0 amide bonds. The predicted molar refractivity (Wildman–Crippen MR) is 30.1 cm³/mol. The van der Waals surface area contributed by atoms with Gasteiger partial charge in [0.1, 0.15) is 0 Å². The normalized spacial score (nSPS) is 18.0. The van der Waals surface area contributed by atoms with Crippen LogP contribution in [0.3, 0.4) is 0 Å². The van der Waals surface area contributed by atoms with E-state index in [-0.39, 0.29) is 0 Å². The van der Waals surface area contributed by atoms with Gasteiger partial charge in [-0.1, -0.05) is 0 Å². The molecule has 1 rings (SSSR count). The van der Waals surface area contributed by atoms with Gasteiger partial charge in [0.05, 0.1) is 0 Å². The van der Waals surface area contributed by atoms with Gasteiger partial charge in [-0.05, 0) is 0 Å². The number of hydrogen-bond donors (Lipinski definition) is 1. The topological polar surface area (TPSA) is 38.4 Å². The van der Waals surface area contributed by atoms with Crippen molar-refractivity contribution in [2.45, 2.75) is 6.32 Å². The van der Waals surface area contributed by atoms with E-state index in [1.165, 1.54) is 0 Å². The molecule has 7 heavy (non-hydrogen) atoms. The van der Waals surface area contributed by atoms with Crippen LogP contribution in [0.15, 0.2) is 16.7 Å². The van der Waals surface area contributed by atoms with Crippen molar-refractivity contribution < 1.29 is 0 Å². The fraction of sp³-hybridized carbons (Fsp3) is 0.500. The number of nitrogens with zero attached hydrogens (tertiary/aromatic N) is 1. The molecule has 0 spiro atoms. The Morgan fingerprint density at radius 2 is 2.71 bits per heavy atom. The first-order valence-corrected chi connectivity index (χ1v) is 2.32. The van der Waals surface area contributed by atoms with Crippen molar-refractivity contribution in [3.63, 3.8) is 0 Å². The molecule has 0 fully saturated rings. The van der Waals surface area contributed by atoms with Crippen LogP contribution in [0.1, 0.15) is 0 Å². The monoisotopic (exact) mass is 94.1 g/mol. The standard InChI is InChI=1S/C4H7BN2/c6-4-1-2-5-7-3-4/h1H,2-3,6H2. The van der Waals surface area contributed by atoms with Crippen LogP contribution < -0.4 is 5.73 Å². The molecule has 1 aliphatic rings. The van der Waals surface area contributed by atoms with E-state index in [4.69, 9.17) is 5.73 Å². The zero-order chi connectivity index (χ0) is 5.11. The molecule has 0 radical (unpaired) electrons. The van der Waals surface area contributed by atoms with E-state index >= 15 is 0 Å². The van der Waals surface area contributed by atoms with Gasteiger partial charge in [-0.2, -0.15) is 0 Å². The van der Waals surface area contributed by atoms with Gasteiger partial charge in [-0.15, -0.1) is 0 Å². The molecule has 0 aromatic rings. The Morgan fingerprint density at radius 3 is 3.00 bits per heavy atom. The molecule has 36 valence electrons. The molecule has 0 atom stereocenters. The van der Waals surface area contributed by atoms with E-state index in [1.54, 1.807) is 0 Å². The summed E-state index contributed by atoms with van der Waals surface area (Å²) in [4.78, 5) is 3.94. The van der Waals surface area contributed by atoms with E-state index in [9.17, 15) is 0 Å². The van der Waals surface area contributed by atoms with Gasteiger partial charge in [0, 0.05) is 0 Å². The summed E-state index contributed by atoms with van der Waals surface area (Å²) in [6.45, 7) is 0.694. The van der Waals surface area contributed by atoms with Crippen LogP contribution in [-0.4, -0.2) is 13.6 Å². The molecule has 0 aliphatic carbocycles. The van der Waals surface area contributed by atoms with Crippen molar-refractivity contribution in [1.29, 1.82) is 0 Å². The Balaban J connectivity index is 2.50. The fourth-order valence-corrected chi connectivity index (χ4v) is 0.513. The summed E-state index contributed by atoms with van der Waals surface area (Å²) in [7, 11) is 1.87. The molecule has 1 aliphatic heterocycles. The molecule has 0 saturated carbocycles. The van der Waals surface area contributed by atoms with E-state index in [0.717, 1.165) is 12.0 Å². The number of allylic oxidation sites excluding steroid dienone is 1. The van der Waals surface area contributed by atoms with Gasteiger partial charge in [0.25, 0.3) is 0 Å². The molecular weight excluding hydrogens is 86.9 g/mol. The Bertz CT molecular complexity index is 117. The van der Waals surface area contributed by atoms with E-state index < -0.39 is 0 Å². The zero-order valence-corrected chi connectivity index (χ0v) is 4.09. The van der Waals surface area contributed by atoms with Crippen molar-refractivity contribution in [3.8, 4) is 0 Å². The fourth-order valence-electron chi connectivity index (χ4n) is 0.513. The molecule has 1 heterocycles. The van der Waals surface area contributed by atoms with Gasteiger partial charge in [-0.25, -0.2) is 0 Å². The first-order valence-electron chi connectivity index (χ1n) is 2.32. The van der Waals surface area contributed by atoms with Crippen molar-refractivity contribution >= 4 is 7.07 Å².